The molecule has 0 fully saturated rings. The van der Waals surface area contributed by atoms with Crippen LogP contribution < -0.4 is 4.74 Å². The second-order valence-electron chi connectivity index (χ2n) is 6.34. The summed E-state index contributed by atoms with van der Waals surface area (Å²) in [7, 11) is 0. The number of hydrogen-bond acceptors (Lipinski definition) is 6. The largest absolute Gasteiger partial charge is 0.462 e. The molecule has 0 heterocycles. The van der Waals surface area contributed by atoms with Crippen LogP contribution in [0.4, 0.5) is 0 Å². The summed E-state index contributed by atoms with van der Waals surface area (Å²) in [5.74, 6) is 0.665. The molecule has 0 aromatic heterocycles. The van der Waals surface area contributed by atoms with Crippen LogP contribution in [0.3, 0.4) is 0 Å². The molecule has 1 aromatic rings. The van der Waals surface area contributed by atoms with Crippen molar-refractivity contribution >= 4 is 0 Å². The van der Waals surface area contributed by atoms with Gasteiger partial charge < -0.3 is 29.2 Å². The fourth-order valence-electron chi connectivity index (χ4n) is 2.06. The van der Waals surface area contributed by atoms with Crippen molar-refractivity contribution in [3.63, 3.8) is 0 Å². The van der Waals surface area contributed by atoms with Gasteiger partial charge in [0.2, 0.25) is 6.29 Å². The van der Waals surface area contributed by atoms with Crippen molar-refractivity contribution in [2.75, 3.05) is 46.2 Å². The quantitative estimate of drug-likeness (QED) is 0.445. The van der Waals surface area contributed by atoms with E-state index in [1.54, 1.807) is 0 Å². The molecular weight excluding hydrogens is 312 g/mol. The Labute approximate surface area is 144 Å². The maximum atomic E-state index is 9.96. The zero-order chi connectivity index (χ0) is 17.8. The van der Waals surface area contributed by atoms with Crippen LogP contribution in [0.2, 0.25) is 0 Å². The van der Waals surface area contributed by atoms with Gasteiger partial charge in [0.1, 0.15) is 12.4 Å². The highest BCUT2D eigenvalue weighted by atomic mass is 16.6. The first-order valence-electron chi connectivity index (χ1n) is 8.23. The third-order valence-corrected chi connectivity index (χ3v) is 3.20. The lowest BCUT2D eigenvalue weighted by Gasteiger charge is -2.24. The fraction of sp³-hybridized carbons (Fsp3) is 0.667. The van der Waals surface area contributed by atoms with Crippen LogP contribution in [0.5, 0.6) is 5.75 Å². The van der Waals surface area contributed by atoms with Gasteiger partial charge in [-0.3, -0.25) is 0 Å². The first kappa shape index (κ1) is 20.9. The van der Waals surface area contributed by atoms with Crippen LogP contribution in [0.15, 0.2) is 24.3 Å². The van der Waals surface area contributed by atoms with Crippen molar-refractivity contribution in [1.82, 2.24) is 0 Å². The normalized spacial score (nSPS) is 13.0. The summed E-state index contributed by atoms with van der Waals surface area (Å²) in [5, 5.41) is 18.5. The van der Waals surface area contributed by atoms with E-state index in [4.69, 9.17) is 24.1 Å². The SMILES string of the molecule is CC(C)(C)c1ccccc1OC(O)COCCOCCOCCO. The molecule has 138 valence electrons. The predicted molar refractivity (Wildman–Crippen MR) is 91.3 cm³/mol. The highest BCUT2D eigenvalue weighted by Crippen LogP contribution is 2.31. The third kappa shape index (κ3) is 8.61. The number of para-hydroxylation sites is 1. The van der Waals surface area contributed by atoms with Crippen molar-refractivity contribution in [2.24, 2.45) is 0 Å². The van der Waals surface area contributed by atoms with Gasteiger partial charge in [-0.15, -0.1) is 0 Å². The molecule has 6 nitrogen and oxygen atoms in total. The molecule has 1 aromatic carbocycles. The Morgan fingerprint density at radius 3 is 2.12 bits per heavy atom. The zero-order valence-electron chi connectivity index (χ0n) is 14.9. The molecule has 6 heteroatoms. The van der Waals surface area contributed by atoms with E-state index in [1.807, 2.05) is 24.3 Å². The van der Waals surface area contributed by atoms with Gasteiger partial charge in [-0.1, -0.05) is 39.0 Å². The van der Waals surface area contributed by atoms with E-state index in [2.05, 4.69) is 20.8 Å². The molecule has 1 rings (SSSR count). The minimum atomic E-state index is -1.03. The molecule has 1 unspecified atom stereocenters. The van der Waals surface area contributed by atoms with E-state index >= 15 is 0 Å². The molecule has 2 N–H and O–H groups in total. The van der Waals surface area contributed by atoms with Gasteiger partial charge in [0.25, 0.3) is 0 Å². The standard InChI is InChI=1S/C18H30O6/c1-18(2,3)15-6-4-5-7-16(15)24-17(20)14-23-13-12-22-11-10-21-9-8-19/h4-7,17,19-20H,8-14H2,1-3H3. The number of rotatable bonds is 12. The van der Waals surface area contributed by atoms with Crippen LogP contribution in [0.25, 0.3) is 0 Å². The van der Waals surface area contributed by atoms with Gasteiger partial charge in [-0.2, -0.15) is 0 Å². The zero-order valence-corrected chi connectivity index (χ0v) is 14.9. The van der Waals surface area contributed by atoms with Crippen LogP contribution in [-0.2, 0) is 19.6 Å². The van der Waals surface area contributed by atoms with Gasteiger partial charge in [-0.05, 0) is 17.0 Å². The Morgan fingerprint density at radius 1 is 0.917 bits per heavy atom. The van der Waals surface area contributed by atoms with Gasteiger partial charge in [0.05, 0.1) is 39.6 Å². The Kier molecular flexibility index (Phi) is 9.90. The number of ether oxygens (including phenoxy) is 4. The number of benzene rings is 1. The van der Waals surface area contributed by atoms with Crippen molar-refractivity contribution in [2.45, 2.75) is 32.5 Å². The molecule has 0 aliphatic rings. The summed E-state index contributed by atoms with van der Waals surface area (Å²) in [5.41, 5.74) is 0.971. The van der Waals surface area contributed by atoms with E-state index in [0.29, 0.717) is 38.8 Å². The predicted octanol–water partition coefficient (Wildman–Crippen LogP) is 1.72. The molecule has 1 atom stereocenters. The van der Waals surface area contributed by atoms with Gasteiger partial charge in [0, 0.05) is 0 Å². The average molecular weight is 342 g/mol. The summed E-state index contributed by atoms with van der Waals surface area (Å²) in [4.78, 5) is 0. The second-order valence-corrected chi connectivity index (χ2v) is 6.34. The van der Waals surface area contributed by atoms with Gasteiger partial charge >= 0.3 is 0 Å². The molecular formula is C18H30O6. The summed E-state index contributed by atoms with van der Waals surface area (Å²) in [6.07, 6.45) is -1.03. The Balaban J connectivity index is 2.20. The summed E-state index contributed by atoms with van der Waals surface area (Å²) in [6.45, 7) is 8.35. The van der Waals surface area contributed by atoms with Crippen LogP contribution in [0.1, 0.15) is 26.3 Å². The Hall–Kier alpha value is -1.18. The second kappa shape index (κ2) is 11.4. The van der Waals surface area contributed by atoms with Crippen LogP contribution in [-0.4, -0.2) is 62.8 Å². The molecule has 0 aliphatic carbocycles. The molecule has 0 amide bonds. The molecule has 0 spiro atoms. The summed E-state index contributed by atoms with van der Waals surface area (Å²) in [6, 6.07) is 7.68. The number of hydrogen-bond donors (Lipinski definition) is 2. The fourth-order valence-corrected chi connectivity index (χ4v) is 2.06. The third-order valence-electron chi connectivity index (χ3n) is 3.20. The summed E-state index contributed by atoms with van der Waals surface area (Å²) >= 11 is 0. The van der Waals surface area contributed by atoms with E-state index in [-0.39, 0.29) is 18.6 Å². The minimum Gasteiger partial charge on any atom is -0.462 e. The van der Waals surface area contributed by atoms with Gasteiger partial charge in [-0.25, -0.2) is 0 Å². The Bertz CT molecular complexity index is 443. The lowest BCUT2D eigenvalue weighted by molar-refractivity contribution is -0.0863. The van der Waals surface area contributed by atoms with E-state index < -0.39 is 6.29 Å². The van der Waals surface area contributed by atoms with Crippen molar-refractivity contribution in [3.8, 4) is 5.75 Å². The highest BCUT2D eigenvalue weighted by molar-refractivity contribution is 5.38. The van der Waals surface area contributed by atoms with Crippen molar-refractivity contribution in [3.05, 3.63) is 29.8 Å². The minimum absolute atomic E-state index is 0.0132. The summed E-state index contributed by atoms with van der Waals surface area (Å²) < 4.78 is 21.3. The molecule has 0 saturated carbocycles. The molecule has 0 aliphatic heterocycles. The lowest BCUT2D eigenvalue weighted by atomic mass is 9.86. The highest BCUT2D eigenvalue weighted by Gasteiger charge is 2.19. The van der Waals surface area contributed by atoms with Crippen molar-refractivity contribution in [1.29, 1.82) is 0 Å². The maximum Gasteiger partial charge on any atom is 0.221 e. The number of aliphatic hydroxyl groups is 2. The maximum absolute atomic E-state index is 9.96. The van der Waals surface area contributed by atoms with Crippen LogP contribution >= 0.6 is 0 Å². The van der Waals surface area contributed by atoms with E-state index in [1.165, 1.54) is 0 Å². The van der Waals surface area contributed by atoms with Gasteiger partial charge in [0.15, 0.2) is 0 Å². The Morgan fingerprint density at radius 2 is 1.50 bits per heavy atom. The molecule has 0 radical (unpaired) electrons. The smallest absolute Gasteiger partial charge is 0.221 e. The van der Waals surface area contributed by atoms with Crippen LogP contribution in [0, 0.1) is 0 Å². The van der Waals surface area contributed by atoms with Crippen molar-refractivity contribution < 1.29 is 29.2 Å². The first-order chi connectivity index (χ1) is 11.4. The topological polar surface area (TPSA) is 77.4 Å². The molecule has 0 bridgehead atoms. The monoisotopic (exact) mass is 342 g/mol. The lowest BCUT2D eigenvalue weighted by Crippen LogP contribution is -2.25. The van der Waals surface area contributed by atoms with E-state index in [9.17, 15) is 5.11 Å². The number of aliphatic hydroxyl groups excluding tert-OH is 2. The van der Waals surface area contributed by atoms with E-state index in [0.717, 1.165) is 5.56 Å². The molecule has 0 saturated heterocycles. The average Bonchev–Trinajstić information content (AvgIpc) is 2.53. The first-order valence-corrected chi connectivity index (χ1v) is 8.23. The molecule has 24 heavy (non-hydrogen) atoms.